The maximum absolute atomic E-state index is 7.63. The van der Waals surface area contributed by atoms with Crippen LogP contribution in [-0.4, -0.2) is 18.1 Å². The molecule has 452 valence electrons. The number of unbranched alkanes of at least 4 members (excludes halogenated alkanes) is 60. The lowest BCUT2D eigenvalue weighted by Gasteiger charge is -2.24. The Morgan fingerprint density at radius 3 is 0.333 bits per heavy atom. The minimum atomic E-state index is -1.11. The zero-order valence-corrected chi connectivity index (χ0v) is 56.0. The molecule has 0 aliphatic heterocycles. The lowest BCUT2D eigenvalue weighted by molar-refractivity contribution is 0.515. The zero-order valence-electron chi connectivity index (χ0n) is 53.6. The van der Waals surface area contributed by atoms with Gasteiger partial charge in [-0.1, -0.05) is 439 Å². The third-order valence-corrected chi connectivity index (χ3v) is 25.2. The molecule has 0 amide bonds. The van der Waals surface area contributed by atoms with Gasteiger partial charge in [0.1, 0.15) is 0 Å². The molecule has 0 saturated heterocycles. The Labute approximate surface area is 482 Å². The Hall–Kier alpha value is 0.394. The highest BCUT2D eigenvalue weighted by Crippen LogP contribution is 2.24. The van der Waals surface area contributed by atoms with Crippen LogP contribution in [0.3, 0.4) is 0 Å². The standard InChI is InChI=1S/C72H150OSi2/c1-5-9-13-17-21-25-29-33-37-41-45-49-53-57-61-65-69-74(70-66-62-58-54-50-46-42-38-34-30-26-22-18-14-10-6-2)73-75(71-67-63-59-55-51-47-43-39-35-31-27-23-19-15-11-7-3)72-68-64-60-56-52-48-44-40-36-32-28-24-20-16-12-8-4/h74-75H,5-72H2,1-4H3. The summed E-state index contributed by atoms with van der Waals surface area (Å²) >= 11 is 0. The Balaban J connectivity index is 4.87. The number of hydrogen-bond acceptors (Lipinski definition) is 1. The Morgan fingerprint density at radius 2 is 0.227 bits per heavy atom. The first kappa shape index (κ1) is 75.4. The second-order valence-corrected chi connectivity index (χ2v) is 31.6. The van der Waals surface area contributed by atoms with Gasteiger partial charge in [0.25, 0.3) is 0 Å². The van der Waals surface area contributed by atoms with Gasteiger partial charge >= 0.3 is 0 Å². The summed E-state index contributed by atoms with van der Waals surface area (Å²) in [5.41, 5.74) is 0. The van der Waals surface area contributed by atoms with Gasteiger partial charge in [0, 0.05) is 0 Å². The molecule has 0 aromatic heterocycles. The van der Waals surface area contributed by atoms with Crippen molar-refractivity contribution in [3.63, 3.8) is 0 Å². The van der Waals surface area contributed by atoms with Crippen LogP contribution < -0.4 is 0 Å². The van der Waals surface area contributed by atoms with Gasteiger partial charge in [-0.3, -0.25) is 0 Å². The summed E-state index contributed by atoms with van der Waals surface area (Å²) in [4.78, 5) is 0. The molecule has 0 aliphatic rings. The molecule has 3 heteroatoms. The summed E-state index contributed by atoms with van der Waals surface area (Å²) in [6.07, 6.45) is 94.3. The predicted octanol–water partition coefficient (Wildman–Crippen LogP) is 27.5. The molecule has 0 spiro atoms. The van der Waals surface area contributed by atoms with E-state index in [4.69, 9.17) is 4.12 Å². The summed E-state index contributed by atoms with van der Waals surface area (Å²) in [5.74, 6) is 0. The van der Waals surface area contributed by atoms with Gasteiger partial charge in [-0.05, 0) is 24.2 Å². The molecule has 0 fully saturated rings. The molecule has 0 saturated carbocycles. The third-order valence-electron chi connectivity index (χ3n) is 17.9. The monoisotopic (exact) mass is 1090 g/mol. The van der Waals surface area contributed by atoms with Gasteiger partial charge in [-0.25, -0.2) is 0 Å². The average molecular weight is 1090 g/mol. The minimum absolute atomic E-state index is 1.11. The zero-order chi connectivity index (χ0) is 53.9. The minimum Gasteiger partial charge on any atom is -0.460 e. The first-order chi connectivity index (χ1) is 37.3. The molecule has 0 rings (SSSR count). The van der Waals surface area contributed by atoms with E-state index in [-0.39, 0.29) is 0 Å². The van der Waals surface area contributed by atoms with Crippen LogP contribution in [0, 0.1) is 0 Å². The van der Waals surface area contributed by atoms with E-state index in [1.165, 1.54) is 435 Å². The van der Waals surface area contributed by atoms with Crippen molar-refractivity contribution >= 4 is 18.1 Å². The van der Waals surface area contributed by atoms with E-state index in [0.29, 0.717) is 0 Å². The molecule has 0 N–H and O–H groups in total. The van der Waals surface area contributed by atoms with Crippen molar-refractivity contribution in [2.45, 2.75) is 463 Å². The van der Waals surface area contributed by atoms with Crippen LogP contribution in [0.4, 0.5) is 0 Å². The summed E-state index contributed by atoms with van der Waals surface area (Å²) in [5, 5.41) is 0. The maximum Gasteiger partial charge on any atom is 0.162 e. The van der Waals surface area contributed by atoms with Gasteiger partial charge in [0.15, 0.2) is 18.1 Å². The van der Waals surface area contributed by atoms with Crippen LogP contribution in [0.15, 0.2) is 0 Å². The van der Waals surface area contributed by atoms with E-state index in [1.807, 2.05) is 0 Å². The van der Waals surface area contributed by atoms with Gasteiger partial charge in [0.05, 0.1) is 0 Å². The normalized spacial score (nSPS) is 11.9. The van der Waals surface area contributed by atoms with E-state index in [2.05, 4.69) is 27.7 Å². The second-order valence-electron chi connectivity index (χ2n) is 25.7. The first-order valence-electron chi connectivity index (χ1n) is 36.9. The van der Waals surface area contributed by atoms with Crippen LogP contribution >= 0.6 is 0 Å². The van der Waals surface area contributed by atoms with Crippen LogP contribution in [0.1, 0.15) is 439 Å². The highest BCUT2D eigenvalue weighted by Gasteiger charge is 2.19. The van der Waals surface area contributed by atoms with Crippen molar-refractivity contribution in [3.05, 3.63) is 0 Å². The molecule has 0 heterocycles. The lowest BCUT2D eigenvalue weighted by Crippen LogP contribution is -2.29. The van der Waals surface area contributed by atoms with Crippen LogP contribution in [0.2, 0.25) is 24.2 Å². The fraction of sp³-hybridized carbons (Fsp3) is 1.00. The molecular formula is C72H150OSi2. The summed E-state index contributed by atoms with van der Waals surface area (Å²) in [7, 11) is -2.22. The van der Waals surface area contributed by atoms with E-state index in [0.717, 1.165) is 0 Å². The molecule has 0 aromatic rings. The van der Waals surface area contributed by atoms with Crippen molar-refractivity contribution < 1.29 is 4.12 Å². The molecule has 1 nitrogen and oxygen atoms in total. The van der Waals surface area contributed by atoms with Crippen molar-refractivity contribution in [2.75, 3.05) is 0 Å². The average Bonchev–Trinajstić information content (AvgIpc) is 3.42. The molecule has 0 aliphatic carbocycles. The van der Waals surface area contributed by atoms with Gasteiger partial charge in [-0.2, -0.15) is 0 Å². The summed E-state index contributed by atoms with van der Waals surface area (Å²) in [6, 6.07) is 5.99. The Morgan fingerprint density at radius 1 is 0.133 bits per heavy atom. The van der Waals surface area contributed by atoms with Crippen molar-refractivity contribution in [2.24, 2.45) is 0 Å². The quantitative estimate of drug-likeness (QED) is 0.0436. The lowest BCUT2D eigenvalue weighted by atomic mass is 10.0. The number of hydrogen-bond donors (Lipinski definition) is 0. The van der Waals surface area contributed by atoms with Gasteiger partial charge < -0.3 is 4.12 Å². The van der Waals surface area contributed by atoms with Crippen LogP contribution in [0.25, 0.3) is 0 Å². The molecule has 0 atom stereocenters. The van der Waals surface area contributed by atoms with Crippen molar-refractivity contribution in [1.82, 2.24) is 0 Å². The van der Waals surface area contributed by atoms with Crippen molar-refractivity contribution in [3.8, 4) is 0 Å². The van der Waals surface area contributed by atoms with E-state index in [9.17, 15) is 0 Å². The van der Waals surface area contributed by atoms with E-state index in [1.54, 1.807) is 0 Å². The van der Waals surface area contributed by atoms with E-state index >= 15 is 0 Å². The Bertz CT molecular complexity index is 809. The molecule has 0 radical (unpaired) electrons. The van der Waals surface area contributed by atoms with Gasteiger partial charge in [0.2, 0.25) is 0 Å². The maximum atomic E-state index is 7.63. The predicted molar refractivity (Wildman–Crippen MR) is 353 cm³/mol. The highest BCUT2D eigenvalue weighted by atomic mass is 28.4. The Kier molecular flexibility index (Phi) is 70.9. The SMILES string of the molecule is CCCCCCCCCCCCCCCCCC[SiH](CCCCCCCCCCCCCCCCCC)O[SiH](CCCCCCCCCCCCCCCCCC)CCCCCCCCCCCCCCCCCC. The molecular weight excluding hydrogens is 937 g/mol. The molecule has 0 aromatic carbocycles. The first-order valence-corrected chi connectivity index (χ1v) is 41.1. The largest absolute Gasteiger partial charge is 0.460 e. The second kappa shape index (κ2) is 70.5. The van der Waals surface area contributed by atoms with Crippen molar-refractivity contribution in [1.29, 1.82) is 0 Å². The van der Waals surface area contributed by atoms with E-state index < -0.39 is 18.1 Å². The topological polar surface area (TPSA) is 9.23 Å². The van der Waals surface area contributed by atoms with Crippen LogP contribution in [-0.2, 0) is 4.12 Å². The highest BCUT2D eigenvalue weighted by molar-refractivity contribution is 6.66. The fourth-order valence-corrected chi connectivity index (χ4v) is 20.4. The fourth-order valence-electron chi connectivity index (χ4n) is 12.5. The molecule has 0 bridgehead atoms. The molecule has 0 unspecified atom stereocenters. The smallest absolute Gasteiger partial charge is 0.162 e. The van der Waals surface area contributed by atoms with Gasteiger partial charge in [-0.15, -0.1) is 0 Å². The summed E-state index contributed by atoms with van der Waals surface area (Å²) < 4.78 is 7.63. The van der Waals surface area contributed by atoms with Crippen LogP contribution in [0.5, 0.6) is 0 Å². The summed E-state index contributed by atoms with van der Waals surface area (Å²) in [6.45, 7) is 9.32. The third kappa shape index (κ3) is 66.8. The molecule has 75 heavy (non-hydrogen) atoms. The number of rotatable bonds is 70.